The van der Waals surface area contributed by atoms with Crippen LogP contribution in [0.2, 0.25) is 0 Å². The van der Waals surface area contributed by atoms with E-state index in [1.165, 1.54) is 12.3 Å². The lowest BCUT2D eigenvalue weighted by Gasteiger charge is -2.35. The van der Waals surface area contributed by atoms with Crippen molar-refractivity contribution in [1.29, 1.82) is 0 Å². The van der Waals surface area contributed by atoms with Crippen LogP contribution in [0.25, 0.3) is 0 Å². The molecule has 8 heteroatoms. The Kier molecular flexibility index (Phi) is 4.69. The molecule has 21 heavy (non-hydrogen) atoms. The van der Waals surface area contributed by atoms with Crippen LogP contribution in [0.4, 0.5) is 11.5 Å². The molecule has 0 saturated carbocycles. The fraction of sp³-hybridized carbons (Fsp3) is 0.538. The summed E-state index contributed by atoms with van der Waals surface area (Å²) in [4.78, 5) is 31.7. The molecule has 0 aromatic carbocycles. The maximum Gasteiger partial charge on any atom is 0.287 e. The van der Waals surface area contributed by atoms with Gasteiger partial charge >= 0.3 is 0 Å². The van der Waals surface area contributed by atoms with E-state index in [1.54, 1.807) is 25.1 Å². The van der Waals surface area contributed by atoms with Gasteiger partial charge in [0.1, 0.15) is 12.0 Å². The van der Waals surface area contributed by atoms with Gasteiger partial charge in [-0.2, -0.15) is 0 Å². The van der Waals surface area contributed by atoms with Gasteiger partial charge in [-0.15, -0.1) is 0 Å². The van der Waals surface area contributed by atoms with Gasteiger partial charge in [0.05, 0.1) is 11.5 Å². The van der Waals surface area contributed by atoms with Gasteiger partial charge in [0.15, 0.2) is 0 Å². The van der Waals surface area contributed by atoms with E-state index in [9.17, 15) is 14.9 Å². The Morgan fingerprint density at radius 1 is 1.33 bits per heavy atom. The number of anilines is 1. The maximum absolute atomic E-state index is 11.7. The van der Waals surface area contributed by atoms with Crippen LogP contribution < -0.4 is 4.90 Å². The molecule has 0 aliphatic carbocycles. The average Bonchev–Trinajstić information content (AvgIpc) is 2.48. The van der Waals surface area contributed by atoms with E-state index >= 15 is 0 Å². The number of nitrogens with zero attached hydrogens (tertiary/aromatic N) is 5. The predicted molar refractivity (Wildman–Crippen MR) is 78.2 cm³/mol. The van der Waals surface area contributed by atoms with Crippen molar-refractivity contribution >= 4 is 17.4 Å². The lowest BCUT2D eigenvalue weighted by atomic mass is 10.3. The van der Waals surface area contributed by atoms with E-state index < -0.39 is 4.92 Å². The highest BCUT2D eigenvalue weighted by molar-refractivity contribution is 5.77. The highest BCUT2D eigenvalue weighted by Gasteiger charge is 2.20. The van der Waals surface area contributed by atoms with E-state index in [-0.39, 0.29) is 11.6 Å². The van der Waals surface area contributed by atoms with Gasteiger partial charge in [0.2, 0.25) is 5.91 Å². The van der Waals surface area contributed by atoms with Crippen molar-refractivity contribution < 1.29 is 9.72 Å². The smallest absolute Gasteiger partial charge is 0.287 e. The number of hydrogen-bond acceptors (Lipinski definition) is 6. The summed E-state index contributed by atoms with van der Waals surface area (Å²) in [5, 5.41) is 10.6. The maximum atomic E-state index is 11.7. The first-order valence-electron chi connectivity index (χ1n) is 6.75. The first kappa shape index (κ1) is 15.2. The molecular weight excluding hydrogens is 274 g/mol. The van der Waals surface area contributed by atoms with E-state index in [1.807, 2.05) is 0 Å². The van der Waals surface area contributed by atoms with E-state index in [2.05, 4.69) is 14.8 Å². The minimum absolute atomic E-state index is 0.00559. The van der Waals surface area contributed by atoms with E-state index in [4.69, 9.17) is 0 Å². The summed E-state index contributed by atoms with van der Waals surface area (Å²) in [5.74, 6) is 0.830. The first-order chi connectivity index (χ1) is 9.97. The number of piperazine rings is 1. The summed E-state index contributed by atoms with van der Waals surface area (Å²) in [6.45, 7) is 3.49. The van der Waals surface area contributed by atoms with Gasteiger partial charge in [-0.05, 0) is 6.07 Å². The van der Waals surface area contributed by atoms with Gasteiger partial charge in [-0.25, -0.2) is 4.98 Å². The SMILES string of the molecule is CN(C)C(=O)CN1CCN(c2ccc([N+](=O)[O-])cn2)CC1. The summed E-state index contributed by atoms with van der Waals surface area (Å²) in [7, 11) is 3.50. The van der Waals surface area contributed by atoms with Gasteiger partial charge < -0.3 is 9.80 Å². The molecule has 114 valence electrons. The number of hydrogen-bond donors (Lipinski definition) is 0. The first-order valence-corrected chi connectivity index (χ1v) is 6.75. The summed E-state index contributed by atoms with van der Waals surface area (Å²) in [5.41, 5.74) is -0.00559. The number of nitro groups is 1. The van der Waals surface area contributed by atoms with Crippen molar-refractivity contribution in [3.05, 3.63) is 28.4 Å². The second-order valence-electron chi connectivity index (χ2n) is 5.18. The van der Waals surface area contributed by atoms with Crippen LogP contribution in [-0.2, 0) is 4.79 Å². The molecule has 2 heterocycles. The second-order valence-corrected chi connectivity index (χ2v) is 5.18. The summed E-state index contributed by atoms with van der Waals surface area (Å²) >= 11 is 0. The zero-order chi connectivity index (χ0) is 15.4. The van der Waals surface area contributed by atoms with Gasteiger partial charge in [0.25, 0.3) is 5.69 Å². The highest BCUT2D eigenvalue weighted by Crippen LogP contribution is 2.17. The fourth-order valence-corrected chi connectivity index (χ4v) is 2.14. The fourth-order valence-electron chi connectivity index (χ4n) is 2.14. The number of carbonyl (C=O) groups excluding carboxylic acids is 1. The number of rotatable bonds is 4. The Morgan fingerprint density at radius 2 is 2.00 bits per heavy atom. The molecule has 1 fully saturated rings. The number of likely N-dealkylation sites (N-methyl/N-ethyl adjacent to an activating group) is 1. The molecule has 1 aliphatic heterocycles. The molecule has 1 saturated heterocycles. The quantitative estimate of drug-likeness (QED) is 0.582. The van der Waals surface area contributed by atoms with Gasteiger partial charge in [0, 0.05) is 46.3 Å². The molecule has 1 amide bonds. The molecule has 8 nitrogen and oxygen atoms in total. The Morgan fingerprint density at radius 3 is 2.48 bits per heavy atom. The second kappa shape index (κ2) is 6.49. The number of pyridine rings is 1. The summed E-state index contributed by atoms with van der Waals surface area (Å²) in [6.07, 6.45) is 1.28. The van der Waals surface area contributed by atoms with Crippen molar-refractivity contribution in [1.82, 2.24) is 14.8 Å². The molecule has 0 radical (unpaired) electrons. The van der Waals surface area contributed by atoms with Crippen molar-refractivity contribution in [2.45, 2.75) is 0 Å². The van der Waals surface area contributed by atoms with Crippen LogP contribution in [0.1, 0.15) is 0 Å². The van der Waals surface area contributed by atoms with Crippen molar-refractivity contribution in [3.63, 3.8) is 0 Å². The normalized spacial score (nSPS) is 15.8. The van der Waals surface area contributed by atoms with Crippen LogP contribution in [0, 0.1) is 10.1 Å². The van der Waals surface area contributed by atoms with Crippen LogP contribution in [-0.4, -0.2) is 72.4 Å². The third kappa shape index (κ3) is 3.88. The van der Waals surface area contributed by atoms with Gasteiger partial charge in [-0.1, -0.05) is 0 Å². The third-order valence-corrected chi connectivity index (χ3v) is 3.50. The predicted octanol–water partition coefficient (Wildman–Crippen LogP) is 0.200. The molecule has 0 unspecified atom stereocenters. The minimum Gasteiger partial charge on any atom is -0.354 e. The molecule has 0 spiro atoms. The molecular formula is C13H19N5O3. The summed E-state index contributed by atoms with van der Waals surface area (Å²) in [6, 6.07) is 3.13. The van der Waals surface area contributed by atoms with Crippen molar-refractivity contribution in [2.75, 3.05) is 51.7 Å². The summed E-state index contributed by atoms with van der Waals surface area (Å²) < 4.78 is 0. The van der Waals surface area contributed by atoms with Crippen LogP contribution in [0.3, 0.4) is 0 Å². The Bertz CT molecular complexity index is 509. The molecule has 1 aromatic rings. The Labute approximate surface area is 123 Å². The van der Waals surface area contributed by atoms with Gasteiger partial charge in [-0.3, -0.25) is 19.8 Å². The highest BCUT2D eigenvalue weighted by atomic mass is 16.6. The van der Waals surface area contributed by atoms with Crippen LogP contribution >= 0.6 is 0 Å². The monoisotopic (exact) mass is 293 g/mol. The minimum atomic E-state index is -0.457. The third-order valence-electron chi connectivity index (χ3n) is 3.50. The average molecular weight is 293 g/mol. The van der Waals surface area contributed by atoms with E-state index in [0.717, 1.165) is 32.0 Å². The number of aromatic nitrogens is 1. The number of amides is 1. The van der Waals surface area contributed by atoms with Crippen molar-refractivity contribution in [2.24, 2.45) is 0 Å². The van der Waals surface area contributed by atoms with E-state index in [0.29, 0.717) is 6.54 Å². The largest absolute Gasteiger partial charge is 0.354 e. The zero-order valence-electron chi connectivity index (χ0n) is 12.2. The molecule has 1 aliphatic rings. The standard InChI is InChI=1S/C13H19N5O3/c1-15(2)13(19)10-16-5-7-17(8-6-16)12-4-3-11(9-14-12)18(20)21/h3-4,9H,5-8,10H2,1-2H3. The van der Waals surface area contributed by atoms with Crippen LogP contribution in [0.15, 0.2) is 18.3 Å². The van der Waals surface area contributed by atoms with Crippen molar-refractivity contribution in [3.8, 4) is 0 Å². The molecule has 0 N–H and O–H groups in total. The Hall–Kier alpha value is -2.22. The number of carbonyl (C=O) groups is 1. The molecule has 1 aromatic heterocycles. The topological polar surface area (TPSA) is 82.8 Å². The molecule has 0 atom stereocenters. The molecule has 0 bridgehead atoms. The zero-order valence-corrected chi connectivity index (χ0v) is 12.2. The molecule has 2 rings (SSSR count). The lowest BCUT2D eigenvalue weighted by Crippen LogP contribution is -2.49. The van der Waals surface area contributed by atoms with Crippen LogP contribution in [0.5, 0.6) is 0 Å². The lowest BCUT2D eigenvalue weighted by molar-refractivity contribution is -0.385. The Balaban J connectivity index is 1.89.